The van der Waals surface area contributed by atoms with E-state index in [4.69, 9.17) is 0 Å². The Balaban J connectivity index is 1.93. The first-order chi connectivity index (χ1) is 15.5. The second-order valence-electron chi connectivity index (χ2n) is 8.30. The van der Waals surface area contributed by atoms with Gasteiger partial charge in [0.05, 0.1) is 10.0 Å². The molecule has 3 rings (SSSR count). The number of hydrogen-bond acceptors (Lipinski definition) is 3. The van der Waals surface area contributed by atoms with Crippen LogP contribution in [0.3, 0.4) is 0 Å². The third-order valence-corrected chi connectivity index (χ3v) is 6.31. The van der Waals surface area contributed by atoms with E-state index in [0.717, 1.165) is 17.3 Å². The molecule has 1 fully saturated rings. The van der Waals surface area contributed by atoms with E-state index >= 15 is 0 Å². The third-order valence-electron chi connectivity index (χ3n) is 5.71. The largest absolute Gasteiger partial charge is 0.417 e. The smallest absolute Gasteiger partial charge is 0.343 e. The summed E-state index contributed by atoms with van der Waals surface area (Å²) in [5, 5.41) is 2.67. The summed E-state index contributed by atoms with van der Waals surface area (Å²) in [6.07, 6.45) is -2.68. The molecule has 1 saturated heterocycles. The first-order valence-electron chi connectivity index (χ1n) is 10.7. The number of pyridine rings is 1. The van der Waals surface area contributed by atoms with Crippen molar-refractivity contribution in [2.24, 2.45) is 0 Å². The lowest BCUT2D eigenvalue weighted by Gasteiger charge is -2.39. The van der Waals surface area contributed by atoms with Gasteiger partial charge in [-0.05, 0) is 52.4 Å². The van der Waals surface area contributed by atoms with Gasteiger partial charge in [0.2, 0.25) is 5.91 Å². The summed E-state index contributed by atoms with van der Waals surface area (Å²) in [5.41, 5.74) is 0.793. The van der Waals surface area contributed by atoms with E-state index in [0.29, 0.717) is 32.1 Å². The van der Waals surface area contributed by atoms with Crippen molar-refractivity contribution in [3.05, 3.63) is 52.1 Å². The molecule has 2 heterocycles. The number of aromatic nitrogens is 1. The lowest BCUT2D eigenvalue weighted by molar-refractivity contribution is -0.137. The highest BCUT2D eigenvalue weighted by atomic mass is 79.9. The number of amides is 3. The van der Waals surface area contributed by atoms with Crippen LogP contribution >= 0.6 is 15.9 Å². The zero-order chi connectivity index (χ0) is 24.3. The van der Waals surface area contributed by atoms with E-state index < -0.39 is 17.8 Å². The van der Waals surface area contributed by atoms with Gasteiger partial charge in [0.1, 0.15) is 5.82 Å². The molecule has 0 spiro atoms. The van der Waals surface area contributed by atoms with Gasteiger partial charge >= 0.3 is 12.2 Å². The SMILES string of the molecule is CC(=O)N1CCC(N(C(=O)Nc2ncc(C(F)(F)F)cc2Br)c2ccccc2C(C)C)CC1. The highest BCUT2D eigenvalue weighted by molar-refractivity contribution is 9.10. The fourth-order valence-electron chi connectivity index (χ4n) is 3.95. The predicted molar refractivity (Wildman–Crippen MR) is 124 cm³/mol. The van der Waals surface area contributed by atoms with E-state index in [-0.39, 0.29) is 28.2 Å². The minimum absolute atomic E-state index is 0.00111. The number of urea groups is 1. The standard InChI is InChI=1S/C23H26BrF3N4O2/c1-14(2)18-6-4-5-7-20(18)31(17-8-10-30(11-9-17)15(3)32)22(33)29-21-19(24)12-16(13-28-21)23(25,26)27/h4-7,12-14,17H,8-11H2,1-3H3,(H,28,29,33). The van der Waals surface area contributed by atoms with Crippen LogP contribution in [0, 0.1) is 0 Å². The average molecular weight is 527 g/mol. The summed E-state index contributed by atoms with van der Waals surface area (Å²) in [6.45, 7) is 6.63. The second-order valence-corrected chi connectivity index (χ2v) is 9.16. The number of piperidine rings is 1. The maximum atomic E-state index is 13.5. The minimum Gasteiger partial charge on any atom is -0.343 e. The number of halogens is 4. The van der Waals surface area contributed by atoms with Gasteiger partial charge in [-0.15, -0.1) is 0 Å². The summed E-state index contributed by atoms with van der Waals surface area (Å²) in [4.78, 5) is 32.4. The fourth-order valence-corrected chi connectivity index (χ4v) is 4.40. The molecule has 0 saturated carbocycles. The number of carbonyl (C=O) groups is 2. The fraction of sp³-hybridized carbons (Fsp3) is 0.435. The van der Waals surface area contributed by atoms with Crippen LogP contribution in [0.5, 0.6) is 0 Å². The summed E-state index contributed by atoms with van der Waals surface area (Å²) in [5.74, 6) is 0.135. The Hall–Kier alpha value is -2.62. The first kappa shape index (κ1) is 25.0. The number of likely N-dealkylation sites (tertiary alicyclic amines) is 1. The van der Waals surface area contributed by atoms with Crippen molar-refractivity contribution in [3.63, 3.8) is 0 Å². The zero-order valence-electron chi connectivity index (χ0n) is 18.6. The van der Waals surface area contributed by atoms with Gasteiger partial charge in [-0.2, -0.15) is 13.2 Å². The number of anilines is 2. The van der Waals surface area contributed by atoms with Crippen LogP contribution in [0.15, 0.2) is 41.0 Å². The quantitative estimate of drug-likeness (QED) is 0.528. The summed E-state index contributed by atoms with van der Waals surface area (Å²) < 4.78 is 39.0. The van der Waals surface area contributed by atoms with Crippen molar-refractivity contribution in [2.75, 3.05) is 23.3 Å². The van der Waals surface area contributed by atoms with Crippen LogP contribution in [-0.4, -0.2) is 41.0 Å². The van der Waals surface area contributed by atoms with Crippen molar-refractivity contribution in [2.45, 2.75) is 51.7 Å². The number of rotatable bonds is 4. The number of nitrogens with one attached hydrogen (secondary N) is 1. The molecule has 6 nitrogen and oxygen atoms in total. The number of alkyl halides is 3. The Kier molecular flexibility index (Phi) is 7.66. The molecule has 1 N–H and O–H groups in total. The minimum atomic E-state index is -4.54. The summed E-state index contributed by atoms with van der Waals surface area (Å²) in [6, 6.07) is 7.78. The van der Waals surface area contributed by atoms with Crippen molar-refractivity contribution in [3.8, 4) is 0 Å². The van der Waals surface area contributed by atoms with Gasteiger partial charge in [-0.25, -0.2) is 9.78 Å². The molecule has 1 aliphatic rings. The number of benzene rings is 1. The lowest BCUT2D eigenvalue weighted by atomic mass is 9.97. The Morgan fingerprint density at radius 2 is 1.85 bits per heavy atom. The maximum absolute atomic E-state index is 13.5. The van der Waals surface area contributed by atoms with Gasteiger partial charge < -0.3 is 4.90 Å². The Morgan fingerprint density at radius 3 is 2.39 bits per heavy atom. The van der Waals surface area contributed by atoms with Gasteiger partial charge in [0.15, 0.2) is 0 Å². The molecule has 10 heteroatoms. The Labute approximate surface area is 199 Å². The molecule has 178 valence electrons. The van der Waals surface area contributed by atoms with Gasteiger partial charge in [0.25, 0.3) is 0 Å². The topological polar surface area (TPSA) is 65.5 Å². The van der Waals surface area contributed by atoms with E-state index in [1.54, 1.807) is 9.80 Å². The highest BCUT2D eigenvalue weighted by Crippen LogP contribution is 2.34. The summed E-state index contributed by atoms with van der Waals surface area (Å²) >= 11 is 3.09. The van der Waals surface area contributed by atoms with Crippen LogP contribution in [-0.2, 0) is 11.0 Å². The predicted octanol–water partition coefficient (Wildman–Crippen LogP) is 6.04. The molecule has 0 radical (unpaired) electrons. The molecule has 2 aromatic rings. The number of para-hydroxylation sites is 1. The van der Waals surface area contributed by atoms with Crippen LogP contribution in [0.2, 0.25) is 0 Å². The number of carbonyl (C=O) groups excluding carboxylic acids is 2. The molecular formula is C23H26BrF3N4O2. The Bertz CT molecular complexity index is 1020. The van der Waals surface area contributed by atoms with Crippen LogP contribution < -0.4 is 10.2 Å². The van der Waals surface area contributed by atoms with Crippen LogP contribution in [0.1, 0.15) is 50.7 Å². The monoisotopic (exact) mass is 526 g/mol. The Morgan fingerprint density at radius 1 is 1.21 bits per heavy atom. The molecule has 0 bridgehead atoms. The van der Waals surface area contributed by atoms with Crippen molar-refractivity contribution in [1.82, 2.24) is 9.88 Å². The molecule has 0 aliphatic carbocycles. The molecule has 33 heavy (non-hydrogen) atoms. The van der Waals surface area contributed by atoms with Crippen LogP contribution in [0.4, 0.5) is 29.5 Å². The molecule has 1 aromatic carbocycles. The normalized spacial score (nSPS) is 15.0. The van der Waals surface area contributed by atoms with Crippen LogP contribution in [0.25, 0.3) is 0 Å². The maximum Gasteiger partial charge on any atom is 0.417 e. The van der Waals surface area contributed by atoms with E-state index in [1.165, 1.54) is 6.92 Å². The van der Waals surface area contributed by atoms with Gasteiger partial charge in [-0.3, -0.25) is 15.0 Å². The van der Waals surface area contributed by atoms with Crippen molar-refractivity contribution < 1.29 is 22.8 Å². The van der Waals surface area contributed by atoms with E-state index in [9.17, 15) is 22.8 Å². The summed E-state index contributed by atoms with van der Waals surface area (Å²) in [7, 11) is 0. The molecule has 3 amide bonds. The average Bonchev–Trinajstić information content (AvgIpc) is 2.75. The van der Waals surface area contributed by atoms with Gasteiger partial charge in [0, 0.05) is 37.9 Å². The second kappa shape index (κ2) is 10.1. The number of nitrogens with zero attached hydrogens (tertiary/aromatic N) is 3. The molecule has 1 aromatic heterocycles. The van der Waals surface area contributed by atoms with Crippen molar-refractivity contribution >= 4 is 39.4 Å². The number of hydrogen-bond donors (Lipinski definition) is 1. The molecule has 0 unspecified atom stereocenters. The molecule has 0 atom stereocenters. The molecule has 1 aliphatic heterocycles. The van der Waals surface area contributed by atoms with E-state index in [1.807, 2.05) is 38.1 Å². The molecular weight excluding hydrogens is 501 g/mol. The first-order valence-corrected chi connectivity index (χ1v) is 11.5. The highest BCUT2D eigenvalue weighted by Gasteiger charge is 2.34. The van der Waals surface area contributed by atoms with E-state index in [2.05, 4.69) is 26.2 Å². The third kappa shape index (κ3) is 5.85. The van der Waals surface area contributed by atoms with Gasteiger partial charge in [-0.1, -0.05) is 32.0 Å². The zero-order valence-corrected chi connectivity index (χ0v) is 20.2. The van der Waals surface area contributed by atoms with Crippen molar-refractivity contribution in [1.29, 1.82) is 0 Å². The lowest BCUT2D eigenvalue weighted by Crippen LogP contribution is -2.50.